The summed E-state index contributed by atoms with van der Waals surface area (Å²) in [6, 6.07) is 12.1. The Bertz CT molecular complexity index is 870. The van der Waals surface area contributed by atoms with Gasteiger partial charge in [-0.1, -0.05) is 18.2 Å². The zero-order chi connectivity index (χ0) is 20.1. The fourth-order valence-electron chi connectivity index (χ4n) is 3.22. The molecule has 1 unspecified atom stereocenters. The highest BCUT2D eigenvalue weighted by molar-refractivity contribution is 6.29. The summed E-state index contributed by atoms with van der Waals surface area (Å²) in [7, 11) is 4.66. The normalized spacial score (nSPS) is 17.5. The van der Waals surface area contributed by atoms with Crippen LogP contribution in [0.1, 0.15) is 5.56 Å². The highest BCUT2D eigenvalue weighted by Gasteiger charge is 2.35. The molecule has 7 nitrogen and oxygen atoms in total. The van der Waals surface area contributed by atoms with Crippen LogP contribution in [0, 0.1) is 0 Å². The fourth-order valence-corrected chi connectivity index (χ4v) is 3.22. The minimum absolute atomic E-state index is 0.351. The highest BCUT2D eigenvalue weighted by Crippen LogP contribution is 2.37. The van der Waals surface area contributed by atoms with Crippen molar-refractivity contribution in [1.82, 2.24) is 5.43 Å². The zero-order valence-electron chi connectivity index (χ0n) is 16.0. The van der Waals surface area contributed by atoms with Gasteiger partial charge in [0.05, 0.1) is 32.6 Å². The van der Waals surface area contributed by atoms with Crippen LogP contribution >= 0.6 is 0 Å². The number of nitrogens with one attached hydrogen (secondary N) is 1. The third kappa shape index (κ3) is 3.70. The van der Waals surface area contributed by atoms with E-state index in [1.165, 1.54) is 0 Å². The molecule has 0 saturated carbocycles. The van der Waals surface area contributed by atoms with Gasteiger partial charge in [-0.05, 0) is 23.8 Å². The number of para-hydroxylation sites is 1. The molecule has 1 heterocycles. The summed E-state index contributed by atoms with van der Waals surface area (Å²) in [6.45, 7) is 0.400. The quantitative estimate of drug-likeness (QED) is 0.581. The minimum Gasteiger partial charge on any atom is -0.496 e. The molecule has 2 aromatic carbocycles. The second-order valence-corrected chi connectivity index (χ2v) is 6.13. The Morgan fingerprint density at radius 1 is 1.07 bits per heavy atom. The summed E-state index contributed by atoms with van der Waals surface area (Å²) in [5.74, 6) is 1.14. The molecule has 7 heteroatoms. The Morgan fingerprint density at radius 2 is 1.71 bits per heavy atom. The van der Waals surface area contributed by atoms with Gasteiger partial charge < -0.3 is 14.2 Å². The lowest BCUT2D eigenvalue weighted by atomic mass is 10.00. The summed E-state index contributed by atoms with van der Waals surface area (Å²) in [5.41, 5.74) is 5.37. The van der Waals surface area contributed by atoms with E-state index >= 15 is 0 Å². The molecule has 1 aliphatic heterocycles. The van der Waals surface area contributed by atoms with E-state index < -0.39 is 11.8 Å². The molecule has 28 heavy (non-hydrogen) atoms. The van der Waals surface area contributed by atoms with Crippen LogP contribution in [0.2, 0.25) is 0 Å². The lowest BCUT2D eigenvalue weighted by Gasteiger charge is -2.24. The van der Waals surface area contributed by atoms with Crippen molar-refractivity contribution >= 4 is 23.8 Å². The second-order valence-electron chi connectivity index (χ2n) is 6.13. The summed E-state index contributed by atoms with van der Waals surface area (Å²) < 4.78 is 16.2. The van der Waals surface area contributed by atoms with Crippen LogP contribution < -0.4 is 24.6 Å². The second kappa shape index (κ2) is 8.58. The number of ether oxygens (including phenoxy) is 3. The highest BCUT2D eigenvalue weighted by atomic mass is 16.5. The Balaban J connectivity index is 2.08. The van der Waals surface area contributed by atoms with Crippen molar-refractivity contribution in [2.24, 2.45) is 0 Å². The van der Waals surface area contributed by atoms with E-state index in [0.29, 0.717) is 35.6 Å². The van der Waals surface area contributed by atoms with Crippen molar-refractivity contribution in [2.45, 2.75) is 6.04 Å². The Morgan fingerprint density at radius 3 is 2.25 bits per heavy atom. The summed E-state index contributed by atoms with van der Waals surface area (Å²) in [5, 5.41) is 1.70. The van der Waals surface area contributed by atoms with E-state index in [1.54, 1.807) is 38.5 Å². The molecule has 1 atom stereocenters. The number of ketones is 1. The lowest BCUT2D eigenvalue weighted by molar-refractivity contribution is -0.130. The maximum Gasteiger partial charge on any atom is 0.223 e. The van der Waals surface area contributed by atoms with Crippen molar-refractivity contribution < 1.29 is 23.8 Å². The number of methoxy groups -OCH3 is 3. The maximum absolute atomic E-state index is 12.4. The van der Waals surface area contributed by atoms with E-state index in [0.717, 1.165) is 11.3 Å². The smallest absolute Gasteiger partial charge is 0.223 e. The molecule has 0 bridgehead atoms. The molecule has 1 saturated heterocycles. The number of hydrogen-bond donors (Lipinski definition) is 1. The molecule has 0 radical (unpaired) electrons. The first-order valence-electron chi connectivity index (χ1n) is 8.70. The number of hydrazine groups is 1. The number of aldehydes is 1. The van der Waals surface area contributed by atoms with Gasteiger partial charge in [0, 0.05) is 18.7 Å². The van der Waals surface area contributed by atoms with E-state index in [9.17, 15) is 9.59 Å². The standard InChI is InChI=1S/C21H22N2O5/c1-26-16-10-19(27-2)17(20(11-16)28-3)9-14-12-22-23(21(14)18(25)13-24)15-7-5-4-6-8-15/h4-11,13,21-22H,12H2,1-3H3. The molecule has 1 N–H and O–H groups in total. The van der Waals surface area contributed by atoms with Crippen LogP contribution in [0.3, 0.4) is 0 Å². The van der Waals surface area contributed by atoms with E-state index in [-0.39, 0.29) is 0 Å². The van der Waals surface area contributed by atoms with Crippen molar-refractivity contribution in [3.05, 3.63) is 53.6 Å². The Hall–Kier alpha value is -3.32. The number of hydrogen-bond acceptors (Lipinski definition) is 7. The molecule has 0 aliphatic carbocycles. The number of nitrogens with zero attached hydrogens (tertiary/aromatic N) is 1. The van der Waals surface area contributed by atoms with Crippen LogP contribution in [0.4, 0.5) is 5.69 Å². The van der Waals surface area contributed by atoms with Gasteiger partial charge in [-0.15, -0.1) is 0 Å². The predicted octanol–water partition coefficient (Wildman–Crippen LogP) is 2.26. The van der Waals surface area contributed by atoms with Crippen molar-refractivity contribution in [3.63, 3.8) is 0 Å². The number of anilines is 1. The molecule has 146 valence electrons. The van der Waals surface area contributed by atoms with Crippen molar-refractivity contribution in [3.8, 4) is 17.2 Å². The van der Waals surface area contributed by atoms with Crippen LogP contribution in [-0.4, -0.2) is 46.0 Å². The molecule has 0 amide bonds. The van der Waals surface area contributed by atoms with Gasteiger partial charge in [-0.2, -0.15) is 0 Å². The van der Waals surface area contributed by atoms with Crippen LogP contribution in [0.5, 0.6) is 17.2 Å². The van der Waals surface area contributed by atoms with Crippen LogP contribution in [0.15, 0.2) is 48.0 Å². The number of carbonyl (C=O) groups excluding carboxylic acids is 2. The van der Waals surface area contributed by atoms with Crippen LogP contribution in [0.25, 0.3) is 6.08 Å². The first-order chi connectivity index (χ1) is 13.6. The molecule has 3 rings (SSSR count). The van der Waals surface area contributed by atoms with Crippen molar-refractivity contribution in [2.75, 3.05) is 32.9 Å². The maximum atomic E-state index is 12.4. The van der Waals surface area contributed by atoms with E-state index in [4.69, 9.17) is 14.2 Å². The van der Waals surface area contributed by atoms with Gasteiger partial charge in [0.1, 0.15) is 23.3 Å². The molecule has 0 aromatic heterocycles. The third-order valence-corrected chi connectivity index (χ3v) is 4.57. The zero-order valence-corrected chi connectivity index (χ0v) is 16.0. The monoisotopic (exact) mass is 382 g/mol. The molecule has 2 aromatic rings. The Kier molecular flexibility index (Phi) is 5.96. The Labute approximate surface area is 163 Å². The molecule has 0 spiro atoms. The van der Waals surface area contributed by atoms with Gasteiger partial charge in [0.25, 0.3) is 0 Å². The van der Waals surface area contributed by atoms with E-state index in [2.05, 4.69) is 5.43 Å². The summed E-state index contributed by atoms with van der Waals surface area (Å²) in [6.07, 6.45) is 2.17. The number of carbonyl (C=O) groups is 2. The topological polar surface area (TPSA) is 77.1 Å². The minimum atomic E-state index is -0.753. The fraction of sp³-hybridized carbons (Fsp3) is 0.238. The molecular formula is C21H22N2O5. The molecule has 1 aliphatic rings. The average molecular weight is 382 g/mol. The molecular weight excluding hydrogens is 360 g/mol. The molecule has 1 fully saturated rings. The van der Waals surface area contributed by atoms with Crippen LogP contribution in [-0.2, 0) is 9.59 Å². The van der Waals surface area contributed by atoms with Gasteiger partial charge in [-0.25, -0.2) is 5.43 Å². The first kappa shape index (κ1) is 19.4. The first-order valence-corrected chi connectivity index (χ1v) is 8.70. The third-order valence-electron chi connectivity index (χ3n) is 4.57. The lowest BCUT2D eigenvalue weighted by Crippen LogP contribution is -2.42. The predicted molar refractivity (Wildman–Crippen MR) is 106 cm³/mol. The number of Topliss-reactive ketones (excluding diaryl/α,β-unsaturated/α-hetero) is 1. The summed E-state index contributed by atoms with van der Waals surface area (Å²) in [4.78, 5) is 23.7. The van der Waals surface area contributed by atoms with Gasteiger partial charge in [-0.3, -0.25) is 14.6 Å². The largest absolute Gasteiger partial charge is 0.496 e. The SMILES string of the molecule is COc1cc(OC)c(C=C2CNN(c3ccccc3)C2C(=O)C=O)c(OC)c1. The van der Waals surface area contributed by atoms with Gasteiger partial charge in [0.15, 0.2) is 6.29 Å². The number of benzene rings is 2. The van der Waals surface area contributed by atoms with Gasteiger partial charge in [0.2, 0.25) is 5.78 Å². The number of rotatable bonds is 7. The summed E-state index contributed by atoms with van der Waals surface area (Å²) >= 11 is 0. The van der Waals surface area contributed by atoms with E-state index in [1.807, 2.05) is 36.4 Å². The van der Waals surface area contributed by atoms with Gasteiger partial charge >= 0.3 is 0 Å². The van der Waals surface area contributed by atoms with Crippen molar-refractivity contribution in [1.29, 1.82) is 0 Å². The average Bonchev–Trinajstić information content (AvgIpc) is 3.17.